The lowest BCUT2D eigenvalue weighted by molar-refractivity contribution is -0.147. The fourth-order valence-electron chi connectivity index (χ4n) is 3.42. The van der Waals surface area contributed by atoms with E-state index in [2.05, 4.69) is 10.6 Å². The average Bonchev–Trinajstić information content (AvgIpc) is 2.89. The van der Waals surface area contributed by atoms with E-state index in [9.17, 15) is 34.8 Å². The van der Waals surface area contributed by atoms with Crippen LogP contribution in [0.15, 0.2) is 66.7 Å². The van der Waals surface area contributed by atoms with Gasteiger partial charge >= 0.3 is 5.97 Å². The van der Waals surface area contributed by atoms with Crippen molar-refractivity contribution in [2.75, 3.05) is 6.54 Å². The molecule has 0 saturated carbocycles. The van der Waals surface area contributed by atoms with Gasteiger partial charge in [0, 0.05) is 18.5 Å². The van der Waals surface area contributed by atoms with Crippen LogP contribution in [0.1, 0.15) is 34.3 Å². The van der Waals surface area contributed by atoms with Gasteiger partial charge in [-0.05, 0) is 54.3 Å². The number of esters is 1. The zero-order valence-electron chi connectivity index (χ0n) is 19.9. The van der Waals surface area contributed by atoms with Gasteiger partial charge in [0.1, 0.15) is 12.6 Å². The molecular formula is C27H28N2O8. The Morgan fingerprint density at radius 3 is 2.14 bits per heavy atom. The van der Waals surface area contributed by atoms with Gasteiger partial charge in [0.2, 0.25) is 5.91 Å². The van der Waals surface area contributed by atoms with Gasteiger partial charge in [0.25, 0.3) is 5.91 Å². The van der Waals surface area contributed by atoms with Crippen LogP contribution in [-0.2, 0) is 27.4 Å². The first-order valence-corrected chi connectivity index (χ1v) is 11.5. The first-order chi connectivity index (χ1) is 17.7. The summed E-state index contributed by atoms with van der Waals surface area (Å²) < 4.78 is 5.34. The molecule has 0 bridgehead atoms. The van der Waals surface area contributed by atoms with Gasteiger partial charge in [-0.2, -0.15) is 0 Å². The molecule has 1 atom stereocenters. The lowest BCUT2D eigenvalue weighted by Gasteiger charge is -2.18. The topological polar surface area (TPSA) is 165 Å². The minimum absolute atomic E-state index is 0.0118. The van der Waals surface area contributed by atoms with Crippen LogP contribution in [0.2, 0.25) is 0 Å². The van der Waals surface area contributed by atoms with Crippen LogP contribution in [0.5, 0.6) is 23.0 Å². The van der Waals surface area contributed by atoms with E-state index in [1.807, 2.05) is 6.07 Å². The van der Waals surface area contributed by atoms with Crippen molar-refractivity contribution in [3.05, 3.63) is 83.4 Å². The third-order valence-electron chi connectivity index (χ3n) is 5.49. The van der Waals surface area contributed by atoms with E-state index in [-0.39, 0.29) is 49.0 Å². The molecule has 0 fully saturated rings. The smallest absolute Gasteiger partial charge is 0.328 e. The summed E-state index contributed by atoms with van der Waals surface area (Å²) in [4.78, 5) is 37.8. The number of ether oxygens (including phenoxy) is 1. The molecule has 3 aromatic rings. The highest BCUT2D eigenvalue weighted by molar-refractivity contribution is 5.97. The van der Waals surface area contributed by atoms with E-state index in [0.717, 1.165) is 17.7 Å². The zero-order valence-corrected chi connectivity index (χ0v) is 19.9. The van der Waals surface area contributed by atoms with E-state index < -0.39 is 29.4 Å². The Morgan fingerprint density at radius 1 is 0.784 bits per heavy atom. The van der Waals surface area contributed by atoms with Gasteiger partial charge in [-0.3, -0.25) is 9.59 Å². The molecule has 0 heterocycles. The summed E-state index contributed by atoms with van der Waals surface area (Å²) in [7, 11) is 0. The van der Waals surface area contributed by atoms with Crippen molar-refractivity contribution in [3.63, 3.8) is 0 Å². The number of aromatic hydroxyl groups is 4. The lowest BCUT2D eigenvalue weighted by Crippen LogP contribution is -2.42. The second kappa shape index (κ2) is 12.8. The summed E-state index contributed by atoms with van der Waals surface area (Å²) in [6.07, 6.45) is 0.269. The van der Waals surface area contributed by atoms with E-state index in [0.29, 0.717) is 12.0 Å². The number of amides is 2. The molecule has 6 N–H and O–H groups in total. The van der Waals surface area contributed by atoms with Crippen LogP contribution in [0.3, 0.4) is 0 Å². The van der Waals surface area contributed by atoms with E-state index in [1.165, 1.54) is 18.2 Å². The van der Waals surface area contributed by atoms with Crippen LogP contribution in [0.25, 0.3) is 0 Å². The van der Waals surface area contributed by atoms with Crippen molar-refractivity contribution in [1.29, 1.82) is 0 Å². The molecule has 0 aliphatic rings. The minimum Gasteiger partial charge on any atom is -0.504 e. The van der Waals surface area contributed by atoms with Crippen LogP contribution in [0.4, 0.5) is 0 Å². The van der Waals surface area contributed by atoms with Gasteiger partial charge in [0.15, 0.2) is 23.0 Å². The number of phenolic OH excluding ortho intramolecular Hbond substituents is 4. The molecular weight excluding hydrogens is 480 g/mol. The largest absolute Gasteiger partial charge is 0.504 e. The van der Waals surface area contributed by atoms with Crippen LogP contribution < -0.4 is 10.6 Å². The summed E-state index contributed by atoms with van der Waals surface area (Å²) in [5.41, 5.74) is 1.47. The van der Waals surface area contributed by atoms with E-state index in [1.54, 1.807) is 30.3 Å². The third kappa shape index (κ3) is 8.17. The van der Waals surface area contributed by atoms with Crippen molar-refractivity contribution in [2.45, 2.75) is 31.9 Å². The summed E-state index contributed by atoms with van der Waals surface area (Å²) in [5.74, 6) is -3.15. The van der Waals surface area contributed by atoms with Crippen LogP contribution >= 0.6 is 0 Å². The monoisotopic (exact) mass is 508 g/mol. The highest BCUT2D eigenvalue weighted by Gasteiger charge is 2.24. The highest BCUT2D eigenvalue weighted by Crippen LogP contribution is 2.25. The third-order valence-corrected chi connectivity index (χ3v) is 5.49. The fraction of sp³-hybridized carbons (Fsp3) is 0.222. The Balaban J connectivity index is 1.58. The van der Waals surface area contributed by atoms with Crippen molar-refractivity contribution in [3.8, 4) is 23.0 Å². The molecule has 2 amide bonds. The molecule has 37 heavy (non-hydrogen) atoms. The molecule has 3 rings (SSSR count). The first-order valence-electron chi connectivity index (χ1n) is 11.5. The number of rotatable bonds is 11. The second-order valence-corrected chi connectivity index (χ2v) is 8.28. The predicted octanol–water partition coefficient (Wildman–Crippen LogP) is 2.49. The average molecular weight is 509 g/mol. The minimum atomic E-state index is -1.15. The maximum atomic E-state index is 12.8. The van der Waals surface area contributed by atoms with Crippen molar-refractivity contribution in [2.24, 2.45) is 0 Å². The molecule has 0 radical (unpaired) electrons. The number of hydrogen-bond acceptors (Lipinski definition) is 8. The Labute approximate surface area is 213 Å². The Hall–Kier alpha value is -4.73. The normalized spacial score (nSPS) is 11.4. The van der Waals surface area contributed by atoms with Crippen molar-refractivity contribution >= 4 is 17.8 Å². The Morgan fingerprint density at radius 2 is 1.46 bits per heavy atom. The van der Waals surface area contributed by atoms with Gasteiger partial charge in [-0.25, -0.2) is 4.79 Å². The summed E-state index contributed by atoms with van der Waals surface area (Å²) in [6, 6.07) is 15.7. The number of hydrogen-bond donors (Lipinski definition) is 6. The molecule has 0 spiro atoms. The zero-order chi connectivity index (χ0) is 26.8. The van der Waals surface area contributed by atoms with Crippen molar-refractivity contribution < 1.29 is 39.5 Å². The molecule has 10 nitrogen and oxygen atoms in total. The molecule has 0 unspecified atom stereocenters. The molecule has 0 aliphatic heterocycles. The highest BCUT2D eigenvalue weighted by atomic mass is 16.5. The molecule has 194 valence electrons. The van der Waals surface area contributed by atoms with Crippen LogP contribution in [-0.4, -0.2) is 50.8 Å². The van der Waals surface area contributed by atoms with E-state index >= 15 is 0 Å². The maximum Gasteiger partial charge on any atom is 0.328 e. The molecule has 0 aromatic heterocycles. The van der Waals surface area contributed by atoms with Gasteiger partial charge < -0.3 is 35.8 Å². The fourth-order valence-corrected chi connectivity index (χ4v) is 3.42. The Bertz CT molecular complexity index is 1250. The summed E-state index contributed by atoms with van der Waals surface area (Å²) >= 11 is 0. The quantitative estimate of drug-likeness (QED) is 0.170. The number of benzene rings is 3. The summed E-state index contributed by atoms with van der Waals surface area (Å²) in [6.45, 7) is 0.239. The molecule has 0 saturated heterocycles. The van der Waals surface area contributed by atoms with Gasteiger partial charge in [-0.1, -0.05) is 36.4 Å². The summed E-state index contributed by atoms with van der Waals surface area (Å²) in [5, 5.41) is 43.3. The Kier molecular flexibility index (Phi) is 9.31. The van der Waals surface area contributed by atoms with Crippen LogP contribution in [0, 0.1) is 0 Å². The lowest BCUT2D eigenvalue weighted by atomic mass is 10.1. The molecule has 0 aliphatic carbocycles. The van der Waals surface area contributed by atoms with Gasteiger partial charge in [-0.15, -0.1) is 0 Å². The molecule has 10 heteroatoms. The molecule has 3 aromatic carbocycles. The van der Waals surface area contributed by atoms with Crippen molar-refractivity contribution in [1.82, 2.24) is 10.6 Å². The SMILES string of the molecule is O=C(CC[C@H](NC(=O)c1ccc(O)c(O)c1)C(=O)OCc1ccccc1)NCCc1ccc(O)c(O)c1. The second-order valence-electron chi connectivity index (χ2n) is 8.28. The first kappa shape index (κ1) is 26.9. The predicted molar refractivity (Wildman–Crippen MR) is 133 cm³/mol. The standard InChI is InChI=1S/C27H28N2O8/c30-21-9-6-17(14-23(21)32)12-13-28-25(34)11-8-20(27(36)37-16-18-4-2-1-3-5-18)29-26(35)19-7-10-22(31)24(33)15-19/h1-7,9-10,14-15,20,30-33H,8,11-13,16H2,(H,28,34)(H,29,35)/t20-/m0/s1. The number of phenols is 4. The number of carbonyl (C=O) groups is 3. The number of carbonyl (C=O) groups excluding carboxylic acids is 3. The van der Waals surface area contributed by atoms with Gasteiger partial charge in [0.05, 0.1) is 0 Å². The number of nitrogens with one attached hydrogen (secondary N) is 2. The van der Waals surface area contributed by atoms with E-state index in [4.69, 9.17) is 4.74 Å². The maximum absolute atomic E-state index is 12.8.